The minimum absolute atomic E-state index is 0.231. The van der Waals surface area contributed by atoms with Crippen molar-refractivity contribution in [2.75, 3.05) is 24.3 Å². The second-order valence-electron chi connectivity index (χ2n) is 7.01. The molecule has 0 saturated carbocycles. The monoisotopic (exact) mass is 429 g/mol. The third-order valence-corrected chi connectivity index (χ3v) is 4.25. The highest BCUT2D eigenvalue weighted by atomic mass is 16.2. The highest BCUT2D eigenvalue weighted by Crippen LogP contribution is 2.21. The van der Waals surface area contributed by atoms with Gasteiger partial charge in [-0.25, -0.2) is 10.4 Å². The Balaban J connectivity index is 1.53. The predicted molar refractivity (Wildman–Crippen MR) is 125 cm³/mol. The summed E-state index contributed by atoms with van der Waals surface area (Å²) in [6.07, 6.45) is 2.89. The molecule has 0 radical (unpaired) electrons. The highest BCUT2D eigenvalue weighted by Gasteiger charge is 2.05. The maximum atomic E-state index is 12.1. The van der Waals surface area contributed by atoms with Crippen LogP contribution in [0.3, 0.4) is 0 Å². The van der Waals surface area contributed by atoms with Crippen molar-refractivity contribution in [1.29, 1.82) is 0 Å². The Morgan fingerprint density at radius 1 is 0.906 bits per heavy atom. The third kappa shape index (κ3) is 6.56. The molecule has 0 bridgehead atoms. The van der Waals surface area contributed by atoms with Crippen LogP contribution in [0.1, 0.15) is 22.8 Å². The van der Waals surface area contributed by atoms with E-state index >= 15 is 0 Å². The van der Waals surface area contributed by atoms with Crippen LogP contribution in [0.2, 0.25) is 0 Å². The fourth-order valence-electron chi connectivity index (χ4n) is 2.57. The average Bonchev–Trinajstić information content (AvgIpc) is 2.79. The number of nitrogens with one attached hydrogen (secondary N) is 2. The molecule has 2 aromatic carbocycles. The Kier molecular flexibility index (Phi) is 7.37. The van der Waals surface area contributed by atoms with Crippen LogP contribution in [0.4, 0.5) is 22.9 Å². The summed E-state index contributed by atoms with van der Waals surface area (Å²) in [6.45, 7) is 1.39. The van der Waals surface area contributed by atoms with Crippen LogP contribution in [-0.4, -0.2) is 37.1 Å². The van der Waals surface area contributed by atoms with E-state index in [9.17, 15) is 9.59 Å². The molecule has 2 amide bonds. The van der Waals surface area contributed by atoms with Crippen molar-refractivity contribution in [2.45, 2.75) is 6.92 Å². The standard InChI is InChI=1S/C23H23N7O2/c1-16(31)26-22-13-6-18(15-24-22)23(32)29-25-14-17-4-7-19(8-5-17)27-28-20-9-11-21(12-10-20)30(2)3/h4-15H,1-3H3,(H,29,32)(H,24,26,31)/b25-14+,28-27?. The number of aromatic nitrogens is 1. The van der Waals surface area contributed by atoms with Crippen molar-refractivity contribution in [3.63, 3.8) is 0 Å². The van der Waals surface area contributed by atoms with E-state index in [1.54, 1.807) is 12.1 Å². The minimum atomic E-state index is -0.408. The van der Waals surface area contributed by atoms with Crippen molar-refractivity contribution in [2.24, 2.45) is 15.3 Å². The summed E-state index contributed by atoms with van der Waals surface area (Å²) in [7, 11) is 3.97. The molecule has 3 rings (SSSR count). The zero-order valence-electron chi connectivity index (χ0n) is 18.0. The van der Waals surface area contributed by atoms with Crippen LogP contribution in [0, 0.1) is 0 Å². The van der Waals surface area contributed by atoms with Crippen molar-refractivity contribution >= 4 is 40.9 Å². The topological polar surface area (TPSA) is 111 Å². The summed E-state index contributed by atoms with van der Waals surface area (Å²) in [5.74, 6) is -0.264. The van der Waals surface area contributed by atoms with Crippen molar-refractivity contribution in [3.05, 3.63) is 78.0 Å². The summed E-state index contributed by atoms with van der Waals surface area (Å²) in [4.78, 5) is 29.1. The molecule has 9 nitrogen and oxygen atoms in total. The van der Waals surface area contributed by atoms with Crippen molar-refractivity contribution in [1.82, 2.24) is 10.4 Å². The van der Waals surface area contributed by atoms with Gasteiger partial charge in [0.05, 0.1) is 23.2 Å². The quantitative estimate of drug-likeness (QED) is 0.332. The molecule has 0 fully saturated rings. The minimum Gasteiger partial charge on any atom is -0.378 e. The van der Waals surface area contributed by atoms with Gasteiger partial charge in [-0.05, 0) is 54.1 Å². The number of amides is 2. The zero-order valence-corrected chi connectivity index (χ0v) is 18.0. The van der Waals surface area contributed by atoms with Gasteiger partial charge in [-0.2, -0.15) is 15.3 Å². The summed E-state index contributed by atoms with van der Waals surface area (Å²) < 4.78 is 0. The molecule has 0 atom stereocenters. The van der Waals surface area contributed by atoms with Gasteiger partial charge in [0.25, 0.3) is 5.91 Å². The van der Waals surface area contributed by atoms with Gasteiger partial charge in [-0.1, -0.05) is 12.1 Å². The van der Waals surface area contributed by atoms with Gasteiger partial charge in [0, 0.05) is 32.9 Å². The first-order valence-electron chi connectivity index (χ1n) is 9.77. The number of pyridine rings is 1. The largest absolute Gasteiger partial charge is 0.378 e. The number of nitrogens with zero attached hydrogens (tertiary/aromatic N) is 5. The van der Waals surface area contributed by atoms with Crippen LogP contribution in [0.15, 0.2) is 82.2 Å². The zero-order chi connectivity index (χ0) is 22.9. The van der Waals surface area contributed by atoms with Crippen LogP contribution in [0.25, 0.3) is 0 Å². The molecule has 0 aliphatic carbocycles. The van der Waals surface area contributed by atoms with Gasteiger partial charge < -0.3 is 10.2 Å². The lowest BCUT2D eigenvalue weighted by molar-refractivity contribution is -0.114. The second-order valence-corrected chi connectivity index (χ2v) is 7.01. The van der Waals surface area contributed by atoms with E-state index in [2.05, 4.69) is 31.1 Å². The third-order valence-electron chi connectivity index (χ3n) is 4.25. The number of hydrazone groups is 1. The molecule has 0 aliphatic rings. The van der Waals surface area contributed by atoms with E-state index in [1.807, 2.05) is 67.5 Å². The summed E-state index contributed by atoms with van der Waals surface area (Å²) in [5.41, 5.74) is 6.12. The number of benzene rings is 2. The van der Waals surface area contributed by atoms with Crippen LogP contribution >= 0.6 is 0 Å². The fraction of sp³-hybridized carbons (Fsp3) is 0.130. The highest BCUT2D eigenvalue weighted by molar-refractivity contribution is 5.95. The normalized spacial score (nSPS) is 11.0. The maximum absolute atomic E-state index is 12.1. The Morgan fingerprint density at radius 3 is 2.06 bits per heavy atom. The van der Waals surface area contributed by atoms with Crippen LogP contribution in [-0.2, 0) is 4.79 Å². The van der Waals surface area contributed by atoms with E-state index in [0.29, 0.717) is 17.1 Å². The Labute approximate surface area is 185 Å². The maximum Gasteiger partial charge on any atom is 0.272 e. The number of hydrogen-bond acceptors (Lipinski definition) is 7. The average molecular weight is 429 g/mol. The number of carbonyl (C=O) groups excluding carboxylic acids is 2. The van der Waals surface area contributed by atoms with Crippen LogP contribution in [0.5, 0.6) is 0 Å². The smallest absolute Gasteiger partial charge is 0.272 e. The number of rotatable bonds is 7. The first kappa shape index (κ1) is 22.3. The SMILES string of the molecule is CC(=O)Nc1ccc(C(=O)N/N=C/c2ccc(N=Nc3ccc(N(C)C)cc3)cc2)cn1. The van der Waals surface area contributed by atoms with E-state index in [0.717, 1.165) is 16.9 Å². The van der Waals surface area contributed by atoms with Crippen molar-refractivity contribution < 1.29 is 9.59 Å². The van der Waals surface area contributed by atoms with E-state index in [1.165, 1.54) is 19.3 Å². The van der Waals surface area contributed by atoms with Gasteiger partial charge in [-0.15, -0.1) is 0 Å². The lowest BCUT2D eigenvalue weighted by Crippen LogP contribution is -2.18. The summed E-state index contributed by atoms with van der Waals surface area (Å²) in [6, 6.07) is 18.1. The number of hydrogen-bond donors (Lipinski definition) is 2. The van der Waals surface area contributed by atoms with Crippen LogP contribution < -0.4 is 15.6 Å². The molecule has 3 aromatic rings. The fourth-order valence-corrected chi connectivity index (χ4v) is 2.57. The second kappa shape index (κ2) is 10.6. The Bertz CT molecular complexity index is 1120. The van der Waals surface area contributed by atoms with Gasteiger partial charge in [-0.3, -0.25) is 9.59 Å². The Hall–Kier alpha value is -4.40. The molecule has 0 saturated heterocycles. The molecule has 1 aromatic heterocycles. The molecule has 0 unspecified atom stereocenters. The first-order valence-corrected chi connectivity index (χ1v) is 9.77. The van der Waals surface area contributed by atoms with E-state index in [4.69, 9.17) is 0 Å². The number of anilines is 2. The van der Waals surface area contributed by atoms with Gasteiger partial charge in [0.15, 0.2) is 0 Å². The lowest BCUT2D eigenvalue weighted by Gasteiger charge is -2.11. The summed E-state index contributed by atoms with van der Waals surface area (Å²) in [5, 5.41) is 15.0. The van der Waals surface area contributed by atoms with Gasteiger partial charge in [0.2, 0.25) is 5.91 Å². The van der Waals surface area contributed by atoms with E-state index < -0.39 is 5.91 Å². The molecule has 2 N–H and O–H groups in total. The van der Waals surface area contributed by atoms with Gasteiger partial charge >= 0.3 is 0 Å². The van der Waals surface area contributed by atoms with Gasteiger partial charge in [0.1, 0.15) is 5.82 Å². The predicted octanol–water partition coefficient (Wildman–Crippen LogP) is 4.29. The number of azo groups is 1. The molecular formula is C23H23N7O2. The van der Waals surface area contributed by atoms with Crippen molar-refractivity contribution in [3.8, 4) is 0 Å². The lowest BCUT2D eigenvalue weighted by atomic mass is 10.2. The molecule has 1 heterocycles. The van der Waals surface area contributed by atoms with E-state index in [-0.39, 0.29) is 5.91 Å². The molecule has 162 valence electrons. The molecular weight excluding hydrogens is 406 g/mol. The Morgan fingerprint density at radius 2 is 1.53 bits per heavy atom. The molecule has 9 heteroatoms. The molecule has 0 spiro atoms. The molecule has 0 aliphatic heterocycles. The first-order chi connectivity index (χ1) is 15.4. The number of carbonyl (C=O) groups is 2. The summed E-state index contributed by atoms with van der Waals surface area (Å²) >= 11 is 0. The molecule has 32 heavy (non-hydrogen) atoms.